The topological polar surface area (TPSA) is 75.3 Å². The van der Waals surface area contributed by atoms with Gasteiger partial charge in [-0.2, -0.15) is 0 Å². The number of esters is 1. The van der Waals surface area contributed by atoms with E-state index in [4.69, 9.17) is 9.72 Å². The van der Waals surface area contributed by atoms with Crippen LogP contribution in [0, 0.1) is 0 Å². The molecular formula is C24H23N3O3S2. The number of nitrogens with zero attached hydrogens (tertiary/aromatic N) is 2. The van der Waals surface area contributed by atoms with Crippen molar-refractivity contribution in [2.45, 2.75) is 12.1 Å². The quantitative estimate of drug-likeness (QED) is 0.292. The number of nitrogens with one attached hydrogen (secondary N) is 1. The van der Waals surface area contributed by atoms with Gasteiger partial charge in [-0.3, -0.25) is 4.79 Å². The highest BCUT2D eigenvalue weighted by Crippen LogP contribution is 2.33. The molecule has 2 aromatic carbocycles. The van der Waals surface area contributed by atoms with Crippen LogP contribution in [-0.2, 0) is 14.3 Å². The van der Waals surface area contributed by atoms with E-state index in [1.165, 1.54) is 17.8 Å². The fourth-order valence-corrected chi connectivity index (χ4v) is 5.08. The molecule has 1 aliphatic rings. The smallest absolute Gasteiger partial charge is 0.333 e. The number of imidazole rings is 1. The Hall–Kier alpha value is -2.97. The number of aromatic amines is 1. The van der Waals surface area contributed by atoms with E-state index in [0.29, 0.717) is 29.7 Å². The van der Waals surface area contributed by atoms with Crippen LogP contribution >= 0.6 is 23.5 Å². The van der Waals surface area contributed by atoms with Crippen molar-refractivity contribution < 1.29 is 14.3 Å². The number of H-pyrrole nitrogens is 1. The molecule has 8 heteroatoms. The van der Waals surface area contributed by atoms with E-state index in [1.807, 2.05) is 48.5 Å². The summed E-state index contributed by atoms with van der Waals surface area (Å²) in [5, 5.41) is 1.43. The van der Waals surface area contributed by atoms with E-state index in [-0.39, 0.29) is 5.91 Å². The summed E-state index contributed by atoms with van der Waals surface area (Å²) in [5.74, 6) is 0.559. The van der Waals surface area contributed by atoms with Crippen LogP contribution in [0.2, 0.25) is 0 Å². The molecule has 164 valence electrons. The minimum Gasteiger partial charge on any atom is -0.463 e. The maximum Gasteiger partial charge on any atom is 0.333 e. The highest BCUT2D eigenvalue weighted by Gasteiger charge is 2.27. The Bertz CT molecular complexity index is 1060. The summed E-state index contributed by atoms with van der Waals surface area (Å²) in [6.45, 7) is 2.56. The van der Waals surface area contributed by atoms with Gasteiger partial charge in [0.25, 0.3) is 0 Å². The molecule has 0 radical (unpaired) electrons. The zero-order chi connectivity index (χ0) is 22.3. The molecule has 0 atom stereocenters. The first kappa shape index (κ1) is 22.2. The minimum absolute atomic E-state index is 0.000502. The second-order valence-corrected chi connectivity index (χ2v) is 8.99. The van der Waals surface area contributed by atoms with Crippen molar-refractivity contribution in [2.75, 3.05) is 24.7 Å². The van der Waals surface area contributed by atoms with Gasteiger partial charge in [-0.25, -0.2) is 9.78 Å². The van der Waals surface area contributed by atoms with Crippen LogP contribution in [0.5, 0.6) is 0 Å². The van der Waals surface area contributed by atoms with Crippen LogP contribution in [0.4, 0.5) is 0 Å². The molecule has 1 fully saturated rings. The maximum absolute atomic E-state index is 12.3. The lowest BCUT2D eigenvalue weighted by atomic mass is 10.1. The first-order valence-electron chi connectivity index (χ1n) is 10.3. The van der Waals surface area contributed by atoms with Gasteiger partial charge < -0.3 is 14.6 Å². The second kappa shape index (κ2) is 10.6. The summed E-state index contributed by atoms with van der Waals surface area (Å²) in [6, 6.07) is 20.2. The van der Waals surface area contributed by atoms with Crippen molar-refractivity contribution in [1.82, 2.24) is 14.9 Å². The predicted octanol–water partition coefficient (Wildman–Crippen LogP) is 4.82. The van der Waals surface area contributed by atoms with Gasteiger partial charge >= 0.3 is 5.97 Å². The molecular weight excluding hydrogens is 442 g/mol. The number of carbonyl (C=O) groups excluding carboxylic acids is 2. The van der Waals surface area contributed by atoms with E-state index in [9.17, 15) is 9.59 Å². The van der Waals surface area contributed by atoms with Gasteiger partial charge in [-0.15, -0.1) is 0 Å². The molecule has 0 saturated carbocycles. The zero-order valence-electron chi connectivity index (χ0n) is 17.6. The highest BCUT2D eigenvalue weighted by atomic mass is 32.2. The van der Waals surface area contributed by atoms with Gasteiger partial charge in [0.1, 0.15) is 0 Å². The van der Waals surface area contributed by atoms with Gasteiger partial charge in [0.15, 0.2) is 5.16 Å². The van der Waals surface area contributed by atoms with Gasteiger partial charge in [0.2, 0.25) is 5.91 Å². The van der Waals surface area contributed by atoms with Gasteiger partial charge in [0.05, 0.1) is 34.9 Å². The molecule has 1 aromatic heterocycles. The van der Waals surface area contributed by atoms with Crippen molar-refractivity contribution in [3.05, 3.63) is 71.8 Å². The standard InChI is InChI=1S/C24H23N3O3S2/c1-2-30-21(29)15-20-27(19(28)16-32-20)13-14-31-24-25-22(17-9-5-3-6-10-17)23(26-24)18-11-7-4-8-12-18/h3-12,15H,2,13-14,16H2,1H3,(H,25,26)/b20-15-. The fourth-order valence-electron chi connectivity index (χ4n) is 3.33. The molecule has 1 N–H and O–H groups in total. The maximum atomic E-state index is 12.3. The minimum atomic E-state index is -0.423. The summed E-state index contributed by atoms with van der Waals surface area (Å²) in [4.78, 5) is 34.0. The van der Waals surface area contributed by atoms with Crippen LogP contribution in [-0.4, -0.2) is 51.4 Å². The van der Waals surface area contributed by atoms with E-state index in [2.05, 4.69) is 17.1 Å². The molecule has 0 bridgehead atoms. The van der Waals surface area contributed by atoms with Crippen molar-refractivity contribution in [3.8, 4) is 22.5 Å². The fraction of sp³-hybridized carbons (Fsp3) is 0.208. The zero-order valence-corrected chi connectivity index (χ0v) is 19.2. The third-order valence-electron chi connectivity index (χ3n) is 4.78. The Morgan fingerprint density at radius 2 is 1.84 bits per heavy atom. The van der Waals surface area contributed by atoms with E-state index in [0.717, 1.165) is 27.7 Å². The second-order valence-electron chi connectivity index (χ2n) is 6.91. The number of benzene rings is 2. The van der Waals surface area contributed by atoms with Crippen molar-refractivity contribution >= 4 is 35.4 Å². The summed E-state index contributed by atoms with van der Waals surface area (Å²) < 4.78 is 4.97. The molecule has 4 rings (SSSR count). The molecule has 2 heterocycles. The van der Waals surface area contributed by atoms with E-state index < -0.39 is 5.97 Å². The molecule has 1 saturated heterocycles. The third kappa shape index (κ3) is 5.26. The van der Waals surface area contributed by atoms with Crippen LogP contribution in [0.3, 0.4) is 0 Å². The molecule has 3 aromatic rings. The van der Waals surface area contributed by atoms with Gasteiger partial charge in [-0.1, -0.05) is 84.2 Å². The van der Waals surface area contributed by atoms with E-state index >= 15 is 0 Å². The number of rotatable bonds is 8. The Morgan fingerprint density at radius 3 is 2.53 bits per heavy atom. The normalized spacial score (nSPS) is 14.8. The number of hydrogen-bond acceptors (Lipinski definition) is 6. The molecule has 0 aliphatic carbocycles. The number of amides is 1. The lowest BCUT2D eigenvalue weighted by molar-refractivity contribution is -0.137. The molecule has 1 amide bonds. The summed E-state index contributed by atoms with van der Waals surface area (Å²) in [7, 11) is 0. The van der Waals surface area contributed by atoms with Crippen LogP contribution < -0.4 is 0 Å². The summed E-state index contributed by atoms with van der Waals surface area (Å²) in [6.07, 6.45) is 1.40. The van der Waals surface area contributed by atoms with Crippen molar-refractivity contribution in [1.29, 1.82) is 0 Å². The molecule has 0 unspecified atom stereocenters. The molecule has 0 spiro atoms. The monoisotopic (exact) mass is 465 g/mol. The van der Waals surface area contributed by atoms with Gasteiger partial charge in [-0.05, 0) is 6.92 Å². The first-order chi connectivity index (χ1) is 15.7. The van der Waals surface area contributed by atoms with Crippen molar-refractivity contribution in [2.24, 2.45) is 0 Å². The van der Waals surface area contributed by atoms with Crippen LogP contribution in [0.25, 0.3) is 22.5 Å². The lowest BCUT2D eigenvalue weighted by Gasteiger charge is -2.16. The molecule has 1 aliphatic heterocycles. The Morgan fingerprint density at radius 1 is 1.16 bits per heavy atom. The average molecular weight is 466 g/mol. The Kier molecular flexibility index (Phi) is 7.34. The highest BCUT2D eigenvalue weighted by molar-refractivity contribution is 8.04. The Balaban J connectivity index is 1.50. The van der Waals surface area contributed by atoms with Crippen LogP contribution in [0.1, 0.15) is 6.92 Å². The first-order valence-corrected chi connectivity index (χ1v) is 12.3. The number of thioether (sulfide) groups is 2. The summed E-state index contributed by atoms with van der Waals surface area (Å²) >= 11 is 2.92. The number of hydrogen-bond donors (Lipinski definition) is 1. The average Bonchev–Trinajstić information content (AvgIpc) is 3.39. The van der Waals surface area contributed by atoms with E-state index in [1.54, 1.807) is 23.6 Å². The van der Waals surface area contributed by atoms with Gasteiger partial charge in [0, 0.05) is 23.4 Å². The van der Waals surface area contributed by atoms with Crippen molar-refractivity contribution in [3.63, 3.8) is 0 Å². The Labute approximate surface area is 195 Å². The number of carbonyl (C=O) groups is 2. The van der Waals surface area contributed by atoms with Crippen LogP contribution in [0.15, 0.2) is 76.9 Å². The lowest BCUT2D eigenvalue weighted by Crippen LogP contribution is -2.27. The SMILES string of the molecule is CCOC(=O)/C=C1\SCC(=O)N1CCSc1nc(-c2ccccc2)c(-c2ccccc2)[nH]1. The number of ether oxygens (including phenoxy) is 1. The molecule has 6 nitrogen and oxygen atoms in total. The predicted molar refractivity (Wildman–Crippen MR) is 129 cm³/mol. The largest absolute Gasteiger partial charge is 0.463 e. The number of aromatic nitrogens is 2. The summed E-state index contributed by atoms with van der Waals surface area (Å²) in [5.41, 5.74) is 3.97. The third-order valence-corrected chi connectivity index (χ3v) is 6.66. The molecule has 32 heavy (non-hydrogen) atoms.